The summed E-state index contributed by atoms with van der Waals surface area (Å²) in [5.74, 6) is -3.40. The van der Waals surface area contributed by atoms with Gasteiger partial charge in [-0.1, -0.05) is 28.1 Å². The van der Waals surface area contributed by atoms with Crippen molar-refractivity contribution >= 4 is 34.0 Å². The van der Waals surface area contributed by atoms with Crippen molar-refractivity contribution in [1.29, 1.82) is 0 Å². The van der Waals surface area contributed by atoms with Crippen LogP contribution in [0.1, 0.15) is 32.8 Å². The Morgan fingerprint density at radius 1 is 1.12 bits per heavy atom. The fourth-order valence-electron chi connectivity index (χ4n) is 2.13. The van der Waals surface area contributed by atoms with Crippen molar-refractivity contribution in [3.63, 3.8) is 0 Å². The van der Waals surface area contributed by atoms with E-state index in [1.807, 2.05) is 0 Å². The Bertz CT molecular complexity index is 623. The van der Waals surface area contributed by atoms with Gasteiger partial charge in [-0.15, -0.1) is 0 Å². The van der Waals surface area contributed by atoms with E-state index in [0.29, 0.717) is 0 Å². The highest BCUT2D eigenvalue weighted by Gasteiger charge is 2.30. The van der Waals surface area contributed by atoms with Crippen LogP contribution in [0, 0.1) is 5.92 Å². The molecule has 8 heteroatoms. The number of carbonyl (C=O) groups is 3. The van der Waals surface area contributed by atoms with Crippen LogP contribution in [0.4, 0.5) is 4.79 Å². The predicted octanol–water partition coefficient (Wildman–Crippen LogP) is 3.06. The molecule has 0 aliphatic carbocycles. The highest BCUT2D eigenvalue weighted by molar-refractivity contribution is 9.10. The molecule has 1 aromatic rings. The van der Waals surface area contributed by atoms with E-state index in [0.717, 1.165) is 10.0 Å². The van der Waals surface area contributed by atoms with Crippen molar-refractivity contribution in [2.24, 2.45) is 5.92 Å². The second-order valence-corrected chi connectivity index (χ2v) is 7.55. The van der Waals surface area contributed by atoms with Gasteiger partial charge in [0.05, 0.1) is 5.92 Å². The van der Waals surface area contributed by atoms with Crippen LogP contribution in [0.25, 0.3) is 0 Å². The normalized spacial score (nSPS) is 13.6. The quantitative estimate of drug-likeness (QED) is 0.630. The van der Waals surface area contributed by atoms with Gasteiger partial charge in [0, 0.05) is 4.47 Å². The van der Waals surface area contributed by atoms with Crippen LogP contribution >= 0.6 is 15.9 Å². The number of hydrogen-bond donors (Lipinski definition) is 3. The molecule has 1 unspecified atom stereocenters. The molecule has 1 rings (SSSR count). The first-order valence-corrected chi connectivity index (χ1v) is 8.47. The first-order chi connectivity index (χ1) is 11.5. The van der Waals surface area contributed by atoms with E-state index in [9.17, 15) is 24.6 Å². The molecule has 0 fully saturated rings. The molecule has 0 spiro atoms. The zero-order valence-electron chi connectivity index (χ0n) is 14.3. The maximum Gasteiger partial charge on any atom is 0.408 e. The van der Waals surface area contributed by atoms with Crippen LogP contribution in [-0.4, -0.2) is 39.9 Å². The minimum Gasteiger partial charge on any atom is -0.481 e. The van der Waals surface area contributed by atoms with E-state index in [2.05, 4.69) is 21.2 Å². The maximum absolute atomic E-state index is 11.8. The lowest BCUT2D eigenvalue weighted by atomic mass is 9.93. The van der Waals surface area contributed by atoms with E-state index >= 15 is 0 Å². The van der Waals surface area contributed by atoms with Gasteiger partial charge in [0.1, 0.15) is 11.6 Å². The number of carbonyl (C=O) groups excluding carboxylic acids is 1. The van der Waals surface area contributed by atoms with Gasteiger partial charge in [-0.3, -0.25) is 4.79 Å². The van der Waals surface area contributed by atoms with Crippen molar-refractivity contribution in [3.8, 4) is 0 Å². The number of rotatable bonds is 7. The number of alkyl carbamates (subject to hydrolysis) is 1. The number of carboxylic acids is 2. The maximum atomic E-state index is 11.8. The van der Waals surface area contributed by atoms with Crippen LogP contribution < -0.4 is 5.32 Å². The molecule has 0 heterocycles. The molecule has 1 amide bonds. The number of ether oxygens (including phenoxy) is 1. The molecule has 0 saturated heterocycles. The third-order valence-corrected chi connectivity index (χ3v) is 3.78. The van der Waals surface area contributed by atoms with Crippen molar-refractivity contribution in [2.45, 2.75) is 45.3 Å². The molecule has 0 aliphatic heterocycles. The van der Waals surface area contributed by atoms with Crippen molar-refractivity contribution in [2.75, 3.05) is 0 Å². The molecular weight excluding hydrogens is 394 g/mol. The summed E-state index contributed by atoms with van der Waals surface area (Å²) in [6, 6.07) is 5.73. The van der Waals surface area contributed by atoms with Crippen LogP contribution in [-0.2, 0) is 20.7 Å². The molecule has 7 nitrogen and oxygen atoms in total. The van der Waals surface area contributed by atoms with Gasteiger partial charge in [-0.05, 0) is 51.3 Å². The number of carboxylic acid groups (broad SMARTS) is 2. The smallest absolute Gasteiger partial charge is 0.408 e. The topological polar surface area (TPSA) is 113 Å². The summed E-state index contributed by atoms with van der Waals surface area (Å²) in [6.45, 7) is 4.95. The Labute approximate surface area is 154 Å². The largest absolute Gasteiger partial charge is 0.481 e. The molecule has 0 aromatic heterocycles. The summed E-state index contributed by atoms with van der Waals surface area (Å²) in [5, 5.41) is 20.9. The number of halogens is 1. The lowest BCUT2D eigenvalue weighted by molar-refractivity contribution is -0.144. The molecule has 0 aliphatic rings. The summed E-state index contributed by atoms with van der Waals surface area (Å²) in [7, 11) is 0. The third kappa shape index (κ3) is 8.02. The zero-order chi connectivity index (χ0) is 19.2. The zero-order valence-corrected chi connectivity index (χ0v) is 15.9. The van der Waals surface area contributed by atoms with E-state index in [-0.39, 0.29) is 12.8 Å². The monoisotopic (exact) mass is 415 g/mol. The van der Waals surface area contributed by atoms with Crippen LogP contribution in [0.2, 0.25) is 0 Å². The molecule has 3 N–H and O–H groups in total. The Kier molecular flexibility index (Phi) is 7.41. The van der Waals surface area contributed by atoms with Gasteiger partial charge >= 0.3 is 18.0 Å². The number of hydrogen-bond acceptors (Lipinski definition) is 4. The van der Waals surface area contributed by atoms with Gasteiger partial charge in [-0.2, -0.15) is 0 Å². The van der Waals surface area contributed by atoms with Crippen LogP contribution in [0.15, 0.2) is 28.7 Å². The second-order valence-electron chi connectivity index (χ2n) is 6.64. The van der Waals surface area contributed by atoms with Gasteiger partial charge in [-0.25, -0.2) is 9.59 Å². The molecule has 0 saturated carbocycles. The molecule has 0 radical (unpaired) electrons. The van der Waals surface area contributed by atoms with Crippen molar-refractivity contribution in [3.05, 3.63) is 34.3 Å². The Balaban J connectivity index is 2.80. The van der Waals surface area contributed by atoms with Gasteiger partial charge in [0.15, 0.2) is 0 Å². The number of amides is 1. The van der Waals surface area contributed by atoms with Gasteiger partial charge in [0.25, 0.3) is 0 Å². The third-order valence-electron chi connectivity index (χ3n) is 3.25. The standard InChI is InChI=1S/C17H22BrNO6/c1-17(2,3)25-16(24)19-13(15(22)23)9-11(14(20)21)8-10-4-6-12(18)7-5-10/h4-7,11,13H,8-9H2,1-3H3,(H,19,24)(H,20,21)(H,22,23)/t11?,13-/m0/s1. The first kappa shape index (κ1) is 21.0. The molecule has 0 bridgehead atoms. The molecular formula is C17H22BrNO6. The minimum atomic E-state index is -1.36. The molecule has 138 valence electrons. The van der Waals surface area contributed by atoms with E-state index in [4.69, 9.17) is 4.74 Å². The first-order valence-electron chi connectivity index (χ1n) is 7.67. The Morgan fingerprint density at radius 3 is 2.12 bits per heavy atom. The second kappa shape index (κ2) is 8.84. The highest BCUT2D eigenvalue weighted by atomic mass is 79.9. The van der Waals surface area contributed by atoms with Crippen LogP contribution in [0.3, 0.4) is 0 Å². The summed E-state index contributed by atoms with van der Waals surface area (Å²) in [4.78, 5) is 34.7. The summed E-state index contributed by atoms with van der Waals surface area (Å²) in [5.41, 5.74) is -0.0199. The average Bonchev–Trinajstić information content (AvgIpc) is 2.45. The summed E-state index contributed by atoms with van der Waals surface area (Å²) < 4.78 is 5.89. The average molecular weight is 416 g/mol. The van der Waals surface area contributed by atoms with E-state index in [1.54, 1.807) is 45.0 Å². The highest BCUT2D eigenvalue weighted by Crippen LogP contribution is 2.18. The Morgan fingerprint density at radius 2 is 1.68 bits per heavy atom. The van der Waals surface area contributed by atoms with Crippen molar-refractivity contribution in [1.82, 2.24) is 5.32 Å². The number of aliphatic carboxylic acids is 2. The summed E-state index contributed by atoms with van der Waals surface area (Å²) in [6.07, 6.45) is -0.991. The minimum absolute atomic E-state index is 0.155. The van der Waals surface area contributed by atoms with Gasteiger partial charge in [0.2, 0.25) is 0 Å². The fourth-order valence-corrected chi connectivity index (χ4v) is 2.40. The van der Waals surface area contributed by atoms with E-state index in [1.165, 1.54) is 0 Å². The fraction of sp³-hybridized carbons (Fsp3) is 0.471. The van der Waals surface area contributed by atoms with Crippen molar-refractivity contribution < 1.29 is 29.3 Å². The number of benzene rings is 1. The predicted molar refractivity (Wildman–Crippen MR) is 94.4 cm³/mol. The summed E-state index contributed by atoms with van der Waals surface area (Å²) >= 11 is 3.30. The van der Waals surface area contributed by atoms with Crippen LogP contribution in [0.5, 0.6) is 0 Å². The molecule has 25 heavy (non-hydrogen) atoms. The SMILES string of the molecule is CC(C)(C)OC(=O)N[C@@H](CC(Cc1ccc(Br)cc1)C(=O)O)C(=O)O. The van der Waals surface area contributed by atoms with E-state index < -0.39 is 35.6 Å². The molecule has 1 aromatic carbocycles. The Hall–Kier alpha value is -2.09. The number of nitrogens with one attached hydrogen (secondary N) is 1. The lowest BCUT2D eigenvalue weighted by Gasteiger charge is -2.23. The van der Waals surface area contributed by atoms with Gasteiger partial charge < -0.3 is 20.3 Å². The lowest BCUT2D eigenvalue weighted by Crippen LogP contribution is -2.45. The molecule has 2 atom stereocenters.